The first-order valence-electron chi connectivity index (χ1n) is 18.3. The molecule has 0 bridgehead atoms. The first-order valence-corrected chi connectivity index (χ1v) is 18.3. The molecule has 7 rings (SSSR count). The lowest BCUT2D eigenvalue weighted by Gasteiger charge is -2.64. The lowest BCUT2D eigenvalue weighted by Crippen LogP contribution is -2.64. The molecule has 4 saturated carbocycles. The average molecular weight is 697 g/mol. The minimum Gasteiger partial charge on any atom is -0.458 e. The number of hydrogen-bond acceptors (Lipinski definition) is 13. The standard InChI is InChI=1S/C36H56O13/c1-17-30(49-32-28(41)27(40)26(39)24(15-37)48-32)31(44-4)29(42)33(46-17)47-20-7-10-34(2)19(14-20)5-6-23-22(34)8-11-35(3)21(9-12-36(23,35)43)18-13-25(38)45-16-18/h13,17,19-24,26-33,37,39-43H,5-12,14-16H2,1-4H3/t17-,19-,20+,21+,22+,23-,24-,26-,27+,28-,29-,30-,31-,32+,33+,34+,35-,36+/m1/s1. The van der Waals surface area contributed by atoms with E-state index in [0.29, 0.717) is 18.4 Å². The Labute approximate surface area is 287 Å². The largest absolute Gasteiger partial charge is 0.458 e. The molecule has 0 aromatic carbocycles. The molecule has 49 heavy (non-hydrogen) atoms. The van der Waals surface area contributed by atoms with E-state index < -0.39 is 73.6 Å². The zero-order chi connectivity index (χ0) is 35.0. The van der Waals surface area contributed by atoms with Gasteiger partial charge in [0.05, 0.1) is 24.4 Å². The number of carbonyl (C=O) groups excluding carboxylic acids is 1. The van der Waals surface area contributed by atoms with Crippen LogP contribution in [0.15, 0.2) is 11.6 Å². The molecular weight excluding hydrogens is 640 g/mol. The molecule has 6 fully saturated rings. The van der Waals surface area contributed by atoms with Crippen LogP contribution < -0.4 is 0 Å². The maximum atomic E-state index is 12.5. The van der Waals surface area contributed by atoms with Gasteiger partial charge in [-0.05, 0) is 99.4 Å². The summed E-state index contributed by atoms with van der Waals surface area (Å²) in [6.07, 6.45) is -2.30. The molecule has 7 aliphatic rings. The zero-order valence-corrected chi connectivity index (χ0v) is 29.1. The van der Waals surface area contributed by atoms with Crippen molar-refractivity contribution in [3.63, 3.8) is 0 Å². The van der Waals surface area contributed by atoms with Crippen molar-refractivity contribution in [2.75, 3.05) is 20.3 Å². The van der Waals surface area contributed by atoms with Crippen molar-refractivity contribution >= 4 is 5.97 Å². The maximum Gasteiger partial charge on any atom is 0.331 e. The first-order chi connectivity index (χ1) is 23.3. The molecule has 0 aromatic rings. The summed E-state index contributed by atoms with van der Waals surface area (Å²) in [7, 11) is 1.44. The number of cyclic esters (lactones) is 1. The lowest BCUT2D eigenvalue weighted by atomic mass is 9.43. The maximum absolute atomic E-state index is 12.5. The molecule has 278 valence electrons. The number of aliphatic hydroxyl groups is 6. The van der Waals surface area contributed by atoms with Gasteiger partial charge in [0.2, 0.25) is 0 Å². The molecule has 0 aromatic heterocycles. The predicted octanol–water partition coefficient (Wildman–Crippen LogP) is 0.934. The molecule has 13 nitrogen and oxygen atoms in total. The molecule has 4 aliphatic carbocycles. The highest BCUT2D eigenvalue weighted by atomic mass is 16.7. The topological polar surface area (TPSA) is 194 Å². The van der Waals surface area contributed by atoms with Crippen LogP contribution in [-0.4, -0.2) is 130 Å². The quantitative estimate of drug-likeness (QED) is 0.163. The van der Waals surface area contributed by atoms with Gasteiger partial charge in [0.15, 0.2) is 12.6 Å². The highest BCUT2D eigenvalue weighted by Gasteiger charge is 2.68. The zero-order valence-electron chi connectivity index (χ0n) is 29.1. The van der Waals surface area contributed by atoms with E-state index in [1.54, 1.807) is 13.0 Å². The summed E-state index contributed by atoms with van der Waals surface area (Å²) in [5, 5.41) is 64.3. The Morgan fingerprint density at radius 2 is 1.61 bits per heavy atom. The Bertz CT molecular complexity index is 1260. The molecular formula is C36H56O13. The number of rotatable bonds is 7. The Morgan fingerprint density at radius 1 is 0.857 bits per heavy atom. The monoisotopic (exact) mass is 696 g/mol. The molecule has 0 unspecified atom stereocenters. The van der Waals surface area contributed by atoms with Crippen LogP contribution in [-0.2, 0) is 33.2 Å². The molecule has 0 spiro atoms. The highest BCUT2D eigenvalue weighted by Crippen LogP contribution is 2.70. The Morgan fingerprint density at radius 3 is 2.31 bits per heavy atom. The average Bonchev–Trinajstić information content (AvgIpc) is 3.62. The van der Waals surface area contributed by atoms with Crippen molar-refractivity contribution in [2.45, 2.75) is 152 Å². The van der Waals surface area contributed by atoms with Crippen LogP contribution in [0.4, 0.5) is 0 Å². The van der Waals surface area contributed by atoms with Crippen molar-refractivity contribution in [3.05, 3.63) is 11.6 Å². The fraction of sp³-hybridized carbons (Fsp3) is 0.917. The molecule has 3 heterocycles. The number of ether oxygens (including phenoxy) is 6. The minimum atomic E-state index is -1.60. The summed E-state index contributed by atoms with van der Waals surface area (Å²) in [5.74, 6) is 0.909. The van der Waals surface area contributed by atoms with Gasteiger partial charge in [0, 0.05) is 18.6 Å². The second kappa shape index (κ2) is 13.3. The second-order valence-electron chi connectivity index (χ2n) is 16.5. The number of carbonyl (C=O) groups is 1. The van der Waals surface area contributed by atoms with Crippen LogP contribution in [0.5, 0.6) is 0 Å². The Balaban J connectivity index is 0.990. The van der Waals surface area contributed by atoms with Crippen molar-refractivity contribution in [3.8, 4) is 0 Å². The van der Waals surface area contributed by atoms with E-state index in [1.165, 1.54) is 7.11 Å². The van der Waals surface area contributed by atoms with Gasteiger partial charge in [-0.25, -0.2) is 4.79 Å². The third kappa shape index (κ3) is 5.74. The molecule has 13 heteroatoms. The molecule has 0 amide bonds. The summed E-state index contributed by atoms with van der Waals surface area (Å²) in [6, 6.07) is 0. The van der Waals surface area contributed by atoms with Gasteiger partial charge in [0.1, 0.15) is 49.3 Å². The van der Waals surface area contributed by atoms with Crippen molar-refractivity contribution in [1.82, 2.24) is 0 Å². The van der Waals surface area contributed by atoms with Gasteiger partial charge in [-0.2, -0.15) is 0 Å². The van der Waals surface area contributed by atoms with Gasteiger partial charge in [-0.3, -0.25) is 0 Å². The summed E-state index contributed by atoms with van der Waals surface area (Å²) >= 11 is 0. The van der Waals surface area contributed by atoms with E-state index in [2.05, 4.69) is 13.8 Å². The van der Waals surface area contributed by atoms with E-state index in [-0.39, 0.29) is 34.7 Å². The third-order valence-electron chi connectivity index (χ3n) is 14.4. The van der Waals surface area contributed by atoms with Crippen molar-refractivity contribution in [2.24, 2.45) is 34.5 Å². The van der Waals surface area contributed by atoms with Crippen LogP contribution in [0.3, 0.4) is 0 Å². The van der Waals surface area contributed by atoms with Gasteiger partial charge >= 0.3 is 5.97 Å². The van der Waals surface area contributed by atoms with Crippen LogP contribution in [0, 0.1) is 34.5 Å². The summed E-state index contributed by atoms with van der Waals surface area (Å²) in [4.78, 5) is 11.9. The highest BCUT2D eigenvalue weighted by molar-refractivity contribution is 5.85. The molecule has 0 radical (unpaired) electrons. The van der Waals surface area contributed by atoms with Gasteiger partial charge in [-0.1, -0.05) is 13.8 Å². The summed E-state index contributed by atoms with van der Waals surface area (Å²) < 4.78 is 35.1. The minimum absolute atomic E-state index is 0.0579. The van der Waals surface area contributed by atoms with Crippen LogP contribution >= 0.6 is 0 Å². The molecule has 6 N–H and O–H groups in total. The molecule has 18 atom stereocenters. The number of aliphatic hydroxyl groups excluding tert-OH is 5. The van der Waals surface area contributed by atoms with Crippen LogP contribution in [0.1, 0.15) is 78.6 Å². The number of fused-ring (bicyclic) bond motifs is 5. The number of esters is 1. The summed E-state index contributed by atoms with van der Waals surface area (Å²) in [6.45, 7) is 6.15. The third-order valence-corrected chi connectivity index (χ3v) is 14.4. The van der Waals surface area contributed by atoms with Crippen LogP contribution in [0.2, 0.25) is 0 Å². The van der Waals surface area contributed by atoms with E-state index in [9.17, 15) is 35.4 Å². The van der Waals surface area contributed by atoms with Gasteiger partial charge < -0.3 is 59.1 Å². The molecule has 2 saturated heterocycles. The Kier molecular flexibility index (Phi) is 9.82. The van der Waals surface area contributed by atoms with E-state index in [4.69, 9.17) is 28.4 Å². The lowest BCUT2D eigenvalue weighted by molar-refractivity contribution is -0.362. The normalized spacial score (nSPS) is 54.4. The van der Waals surface area contributed by atoms with Gasteiger partial charge in [-0.15, -0.1) is 0 Å². The second-order valence-corrected chi connectivity index (χ2v) is 16.5. The predicted molar refractivity (Wildman–Crippen MR) is 170 cm³/mol. The van der Waals surface area contributed by atoms with Crippen molar-refractivity contribution < 1.29 is 63.9 Å². The fourth-order valence-corrected chi connectivity index (χ4v) is 11.6. The number of methoxy groups -OCH3 is 1. The first kappa shape index (κ1) is 36.1. The van der Waals surface area contributed by atoms with Gasteiger partial charge in [0.25, 0.3) is 0 Å². The van der Waals surface area contributed by atoms with E-state index in [0.717, 1.165) is 63.4 Å². The van der Waals surface area contributed by atoms with E-state index >= 15 is 0 Å². The fourth-order valence-electron chi connectivity index (χ4n) is 11.6. The SMILES string of the molecule is CO[C@@H]1[C@@H](O)[C@H](O[C@H]2CC[C@@]3(C)[C@H](CC[C@@H]4[C@@H]3CC[C@]3(C)[C@H](C5=CC(=O)OC5)CC[C@]43O)C2)O[C@H](C)[C@H]1O[C@@H]1O[C@H](CO)[C@@H](O)[C@H](O)[C@H]1O. The number of hydrogen-bond donors (Lipinski definition) is 6. The van der Waals surface area contributed by atoms with E-state index in [1.807, 2.05) is 0 Å². The molecule has 3 aliphatic heterocycles. The van der Waals surface area contributed by atoms with Crippen LogP contribution in [0.25, 0.3) is 0 Å². The van der Waals surface area contributed by atoms with Crippen molar-refractivity contribution in [1.29, 1.82) is 0 Å². The smallest absolute Gasteiger partial charge is 0.331 e. The Hall–Kier alpha value is -1.23. The summed E-state index contributed by atoms with van der Waals surface area (Å²) in [5.41, 5.74) is 0.0599.